The first-order valence-corrected chi connectivity index (χ1v) is 10.9. The lowest BCUT2D eigenvalue weighted by Crippen LogP contribution is -2.44. The second-order valence-electron chi connectivity index (χ2n) is 9.24. The number of hydrogen-bond acceptors (Lipinski definition) is 3. The lowest BCUT2D eigenvalue weighted by Gasteiger charge is -2.46. The Morgan fingerprint density at radius 1 is 1.07 bits per heavy atom. The van der Waals surface area contributed by atoms with Crippen LogP contribution in [0.25, 0.3) is 0 Å². The zero-order valence-corrected chi connectivity index (χ0v) is 18.8. The summed E-state index contributed by atoms with van der Waals surface area (Å²) in [6.45, 7) is 8.20. The van der Waals surface area contributed by atoms with Crippen molar-refractivity contribution in [1.82, 2.24) is 4.90 Å². The zero-order valence-electron chi connectivity index (χ0n) is 18.8. The molecule has 0 saturated carbocycles. The maximum atomic E-state index is 12.4. The summed E-state index contributed by atoms with van der Waals surface area (Å²) in [6, 6.07) is 18.7. The zero-order chi connectivity index (χ0) is 21.6. The molecule has 162 valence electrons. The Labute approximate surface area is 181 Å². The van der Waals surface area contributed by atoms with Gasteiger partial charge in [-0.1, -0.05) is 42.5 Å². The lowest BCUT2D eigenvalue weighted by molar-refractivity contribution is -0.131. The highest BCUT2D eigenvalue weighted by Crippen LogP contribution is 2.44. The molecule has 0 aliphatic carbocycles. The fraction of sp³-hybridized carbons (Fsp3) is 0.500. The molecule has 1 aliphatic heterocycles. The average molecular weight is 410 g/mol. The number of methoxy groups -OCH3 is 1. The van der Waals surface area contributed by atoms with Crippen LogP contribution in [0.15, 0.2) is 54.6 Å². The standard InChI is InChI=1S/C26H35NO3/c1-21(28)27(19-23-10-12-24(29-4)13-11-23)16-14-26(15-17-30-25(2,3)20-26)18-22-8-6-5-7-9-22/h5-13H,14-20H2,1-4H3/t26-/m0/s1. The van der Waals surface area contributed by atoms with E-state index in [-0.39, 0.29) is 16.9 Å². The van der Waals surface area contributed by atoms with Crippen LogP contribution in [0.5, 0.6) is 5.75 Å². The van der Waals surface area contributed by atoms with Gasteiger partial charge in [-0.2, -0.15) is 0 Å². The summed E-state index contributed by atoms with van der Waals surface area (Å²) in [5, 5.41) is 0. The number of carbonyl (C=O) groups is 1. The topological polar surface area (TPSA) is 38.8 Å². The Hall–Kier alpha value is -2.33. The van der Waals surface area contributed by atoms with Gasteiger partial charge in [-0.05, 0) is 68.2 Å². The Balaban J connectivity index is 1.74. The minimum Gasteiger partial charge on any atom is -0.497 e. The van der Waals surface area contributed by atoms with Gasteiger partial charge in [0, 0.05) is 26.6 Å². The SMILES string of the molecule is COc1ccc(CN(CC[C@@]2(Cc3ccccc3)CCOC(C)(C)C2)C(C)=O)cc1. The van der Waals surface area contributed by atoms with E-state index in [1.165, 1.54) is 5.56 Å². The van der Waals surface area contributed by atoms with Crippen LogP contribution in [0.4, 0.5) is 0 Å². The molecule has 0 N–H and O–H groups in total. The summed E-state index contributed by atoms with van der Waals surface area (Å²) in [6.07, 6.45) is 4.03. The molecule has 0 radical (unpaired) electrons. The van der Waals surface area contributed by atoms with Gasteiger partial charge in [-0.25, -0.2) is 0 Å². The third-order valence-electron chi connectivity index (χ3n) is 6.24. The van der Waals surface area contributed by atoms with Gasteiger partial charge < -0.3 is 14.4 Å². The molecule has 0 spiro atoms. The third kappa shape index (κ3) is 6.09. The van der Waals surface area contributed by atoms with Crippen LogP contribution in [0.2, 0.25) is 0 Å². The summed E-state index contributed by atoms with van der Waals surface area (Å²) in [4.78, 5) is 14.4. The Kier molecular flexibility index (Phi) is 7.19. The molecule has 2 aromatic carbocycles. The second kappa shape index (κ2) is 9.65. The van der Waals surface area contributed by atoms with Gasteiger partial charge >= 0.3 is 0 Å². The molecule has 2 aromatic rings. The molecule has 3 rings (SSSR count). The van der Waals surface area contributed by atoms with E-state index < -0.39 is 0 Å². The van der Waals surface area contributed by atoms with Gasteiger partial charge in [0.2, 0.25) is 5.91 Å². The first-order valence-electron chi connectivity index (χ1n) is 10.9. The molecule has 1 atom stereocenters. The van der Waals surface area contributed by atoms with Gasteiger partial charge in [-0.3, -0.25) is 4.79 Å². The van der Waals surface area contributed by atoms with Crippen molar-refractivity contribution in [3.05, 3.63) is 65.7 Å². The number of hydrogen-bond donors (Lipinski definition) is 0. The van der Waals surface area contributed by atoms with Crippen molar-refractivity contribution in [2.24, 2.45) is 5.41 Å². The van der Waals surface area contributed by atoms with Crippen LogP contribution in [0.3, 0.4) is 0 Å². The van der Waals surface area contributed by atoms with E-state index in [4.69, 9.17) is 9.47 Å². The van der Waals surface area contributed by atoms with Crippen molar-refractivity contribution in [2.45, 2.75) is 58.6 Å². The predicted octanol–water partition coefficient (Wildman–Crippen LogP) is 5.25. The predicted molar refractivity (Wildman–Crippen MR) is 121 cm³/mol. The van der Waals surface area contributed by atoms with Crippen molar-refractivity contribution in [2.75, 3.05) is 20.3 Å². The van der Waals surface area contributed by atoms with Gasteiger partial charge in [0.15, 0.2) is 0 Å². The highest BCUT2D eigenvalue weighted by Gasteiger charge is 2.41. The van der Waals surface area contributed by atoms with E-state index in [1.807, 2.05) is 29.2 Å². The van der Waals surface area contributed by atoms with Crippen molar-refractivity contribution in [3.63, 3.8) is 0 Å². The molecule has 4 heteroatoms. The average Bonchev–Trinajstić information content (AvgIpc) is 2.71. The van der Waals surface area contributed by atoms with Crippen LogP contribution in [-0.4, -0.2) is 36.7 Å². The summed E-state index contributed by atoms with van der Waals surface area (Å²) >= 11 is 0. The molecule has 30 heavy (non-hydrogen) atoms. The molecule has 0 aromatic heterocycles. The maximum absolute atomic E-state index is 12.4. The van der Waals surface area contributed by atoms with Gasteiger partial charge in [0.05, 0.1) is 12.7 Å². The van der Waals surface area contributed by atoms with Crippen LogP contribution >= 0.6 is 0 Å². The highest BCUT2D eigenvalue weighted by molar-refractivity contribution is 5.73. The van der Waals surface area contributed by atoms with Gasteiger partial charge in [0.25, 0.3) is 0 Å². The van der Waals surface area contributed by atoms with E-state index in [2.05, 4.69) is 44.2 Å². The minimum atomic E-state index is -0.135. The number of rotatable bonds is 8. The summed E-state index contributed by atoms with van der Waals surface area (Å²) in [5.41, 5.74) is 2.48. The minimum absolute atomic E-state index is 0.118. The molecule has 1 amide bonds. The van der Waals surface area contributed by atoms with Crippen molar-refractivity contribution in [3.8, 4) is 5.75 Å². The normalized spacial score (nSPS) is 20.5. The molecule has 1 heterocycles. The van der Waals surface area contributed by atoms with Gasteiger partial charge in [0.1, 0.15) is 5.75 Å². The van der Waals surface area contributed by atoms with Crippen molar-refractivity contribution in [1.29, 1.82) is 0 Å². The van der Waals surface area contributed by atoms with Crippen molar-refractivity contribution >= 4 is 5.91 Å². The first-order chi connectivity index (χ1) is 14.3. The quantitative estimate of drug-likeness (QED) is 0.598. The van der Waals surface area contributed by atoms with Gasteiger partial charge in [-0.15, -0.1) is 0 Å². The molecular weight excluding hydrogens is 374 g/mol. The number of benzene rings is 2. The first kappa shape index (κ1) is 22.4. The Morgan fingerprint density at radius 3 is 2.37 bits per heavy atom. The number of nitrogens with zero attached hydrogens (tertiary/aromatic N) is 1. The van der Waals surface area contributed by atoms with E-state index >= 15 is 0 Å². The monoisotopic (exact) mass is 409 g/mol. The number of amides is 1. The van der Waals surface area contributed by atoms with E-state index in [0.29, 0.717) is 6.54 Å². The number of carbonyl (C=O) groups excluding carboxylic acids is 1. The molecule has 4 nitrogen and oxygen atoms in total. The number of ether oxygens (including phenoxy) is 2. The van der Waals surface area contributed by atoms with Crippen LogP contribution < -0.4 is 4.74 Å². The molecule has 0 bridgehead atoms. The summed E-state index contributed by atoms with van der Waals surface area (Å²) < 4.78 is 11.3. The second-order valence-corrected chi connectivity index (χ2v) is 9.24. The Morgan fingerprint density at radius 2 is 1.77 bits per heavy atom. The van der Waals surface area contributed by atoms with Crippen LogP contribution in [0, 0.1) is 5.41 Å². The van der Waals surface area contributed by atoms with E-state index in [1.54, 1.807) is 14.0 Å². The highest BCUT2D eigenvalue weighted by atomic mass is 16.5. The van der Waals surface area contributed by atoms with E-state index in [0.717, 1.165) is 50.1 Å². The third-order valence-corrected chi connectivity index (χ3v) is 6.24. The van der Waals surface area contributed by atoms with Crippen LogP contribution in [-0.2, 0) is 22.5 Å². The van der Waals surface area contributed by atoms with E-state index in [9.17, 15) is 4.79 Å². The van der Waals surface area contributed by atoms with Crippen LogP contribution in [0.1, 0.15) is 51.2 Å². The Bertz CT molecular complexity index is 816. The molecule has 1 saturated heterocycles. The summed E-state index contributed by atoms with van der Waals surface area (Å²) in [7, 11) is 1.67. The molecular formula is C26H35NO3. The van der Waals surface area contributed by atoms with Crippen molar-refractivity contribution < 1.29 is 14.3 Å². The smallest absolute Gasteiger partial charge is 0.219 e. The molecule has 1 aliphatic rings. The summed E-state index contributed by atoms with van der Waals surface area (Å²) in [5.74, 6) is 0.950. The molecule has 0 unspecified atom stereocenters. The maximum Gasteiger partial charge on any atom is 0.219 e. The fourth-order valence-electron chi connectivity index (χ4n) is 4.74. The fourth-order valence-corrected chi connectivity index (χ4v) is 4.74. The lowest BCUT2D eigenvalue weighted by atomic mass is 9.68. The molecule has 1 fully saturated rings. The largest absolute Gasteiger partial charge is 0.497 e.